The highest BCUT2D eigenvalue weighted by Crippen LogP contribution is 2.30. The Morgan fingerprint density at radius 3 is 1.90 bits per heavy atom. The third-order valence-electron chi connectivity index (χ3n) is 5.06. The van der Waals surface area contributed by atoms with Crippen LogP contribution in [0.5, 0.6) is 0 Å². The Balaban J connectivity index is 3.07. The number of ether oxygens (including phenoxy) is 4. The van der Waals surface area contributed by atoms with Gasteiger partial charge in [-0.3, -0.25) is 19.2 Å². The van der Waals surface area contributed by atoms with Crippen molar-refractivity contribution < 1.29 is 38.1 Å². The lowest BCUT2D eigenvalue weighted by atomic mass is 9.89. The van der Waals surface area contributed by atoms with Gasteiger partial charge in [-0.2, -0.15) is 0 Å². The minimum atomic E-state index is -1.03. The quantitative estimate of drug-likeness (QED) is 0.278. The van der Waals surface area contributed by atoms with Crippen molar-refractivity contribution in [3.63, 3.8) is 0 Å². The van der Waals surface area contributed by atoms with Crippen molar-refractivity contribution in [3.8, 4) is 0 Å². The van der Waals surface area contributed by atoms with Gasteiger partial charge in [-0.1, -0.05) is 45.4 Å². The molecular formula is C22H37NO8. The van der Waals surface area contributed by atoms with Crippen molar-refractivity contribution in [2.45, 2.75) is 110 Å². The molecule has 1 aliphatic rings. The monoisotopic (exact) mass is 443 g/mol. The molecule has 1 amide bonds. The molecule has 0 radical (unpaired) electrons. The Labute approximate surface area is 184 Å². The number of unbranched alkanes of at least 4 members (excludes halogenated alkanes) is 5. The molecule has 1 N–H and O–H groups in total. The van der Waals surface area contributed by atoms with Crippen LogP contribution in [-0.4, -0.2) is 60.9 Å². The van der Waals surface area contributed by atoms with Gasteiger partial charge in [0, 0.05) is 27.7 Å². The van der Waals surface area contributed by atoms with E-state index in [0.29, 0.717) is 6.42 Å². The number of hydrogen-bond donors (Lipinski definition) is 1. The van der Waals surface area contributed by atoms with Crippen molar-refractivity contribution >= 4 is 23.8 Å². The predicted molar refractivity (Wildman–Crippen MR) is 112 cm³/mol. The van der Waals surface area contributed by atoms with E-state index in [1.165, 1.54) is 34.1 Å². The fourth-order valence-corrected chi connectivity index (χ4v) is 3.80. The van der Waals surface area contributed by atoms with Crippen molar-refractivity contribution in [1.82, 2.24) is 5.32 Å². The van der Waals surface area contributed by atoms with Crippen LogP contribution in [0.15, 0.2) is 0 Å². The van der Waals surface area contributed by atoms with Crippen LogP contribution in [0, 0.1) is 0 Å². The summed E-state index contributed by atoms with van der Waals surface area (Å²) in [6.07, 6.45) is 3.78. The van der Waals surface area contributed by atoms with E-state index in [0.717, 1.165) is 32.1 Å². The minimum absolute atomic E-state index is 0.162. The first kappa shape index (κ1) is 26.9. The van der Waals surface area contributed by atoms with Gasteiger partial charge in [0.25, 0.3) is 0 Å². The molecule has 0 aromatic heterocycles. The number of rotatable bonds is 12. The fraction of sp³-hybridized carbons (Fsp3) is 0.818. The zero-order valence-electron chi connectivity index (χ0n) is 19.3. The molecule has 1 rings (SSSR count). The lowest BCUT2D eigenvalue weighted by molar-refractivity contribution is -0.224. The van der Waals surface area contributed by atoms with Crippen LogP contribution in [0.3, 0.4) is 0 Å². The Kier molecular flexibility index (Phi) is 12.1. The molecule has 0 spiro atoms. The van der Waals surface area contributed by atoms with Crippen molar-refractivity contribution in [2.24, 2.45) is 0 Å². The van der Waals surface area contributed by atoms with Gasteiger partial charge in [0.05, 0.1) is 12.1 Å². The largest absolute Gasteiger partial charge is 0.463 e. The molecule has 1 fully saturated rings. The molecule has 0 aromatic carbocycles. The molecule has 0 bridgehead atoms. The van der Waals surface area contributed by atoms with E-state index in [2.05, 4.69) is 12.2 Å². The van der Waals surface area contributed by atoms with Gasteiger partial charge in [-0.25, -0.2) is 0 Å². The molecule has 31 heavy (non-hydrogen) atoms. The Morgan fingerprint density at radius 2 is 1.35 bits per heavy atom. The average molecular weight is 444 g/mol. The van der Waals surface area contributed by atoms with Crippen LogP contribution in [0.4, 0.5) is 0 Å². The maximum atomic E-state index is 11.9. The Hall–Kier alpha value is -2.16. The van der Waals surface area contributed by atoms with Crippen LogP contribution in [-0.2, 0) is 38.1 Å². The zero-order valence-corrected chi connectivity index (χ0v) is 19.3. The first-order valence-electron chi connectivity index (χ1n) is 11.1. The summed E-state index contributed by atoms with van der Waals surface area (Å²) in [5.41, 5.74) is 0. The number of esters is 3. The van der Waals surface area contributed by atoms with Crippen molar-refractivity contribution in [3.05, 3.63) is 0 Å². The van der Waals surface area contributed by atoms with Crippen molar-refractivity contribution in [2.75, 3.05) is 6.61 Å². The first-order chi connectivity index (χ1) is 14.6. The molecule has 1 saturated heterocycles. The SMILES string of the molecule is CCCCCCCC[C@@H]1O[C@H](COC(C)=O)[C@H](OC(C)=O)[C@H](OC(C)=O)[C@H]1NC(C)=O. The van der Waals surface area contributed by atoms with Gasteiger partial charge < -0.3 is 24.3 Å². The van der Waals surface area contributed by atoms with E-state index < -0.39 is 48.4 Å². The third-order valence-corrected chi connectivity index (χ3v) is 5.06. The maximum absolute atomic E-state index is 11.9. The molecule has 178 valence electrons. The van der Waals surface area contributed by atoms with Gasteiger partial charge >= 0.3 is 17.9 Å². The second-order valence-corrected chi connectivity index (χ2v) is 7.95. The minimum Gasteiger partial charge on any atom is -0.463 e. The van der Waals surface area contributed by atoms with Crippen molar-refractivity contribution in [1.29, 1.82) is 0 Å². The highest BCUT2D eigenvalue weighted by Gasteiger charge is 2.50. The molecule has 0 aromatic rings. The summed E-state index contributed by atoms with van der Waals surface area (Å²) in [5, 5.41) is 2.80. The molecular weight excluding hydrogens is 406 g/mol. The topological polar surface area (TPSA) is 117 Å². The van der Waals surface area contributed by atoms with E-state index in [1.807, 2.05) is 0 Å². The fourth-order valence-electron chi connectivity index (χ4n) is 3.80. The summed E-state index contributed by atoms with van der Waals surface area (Å²) in [5.74, 6) is -2.01. The second kappa shape index (κ2) is 14.0. The van der Waals surface area contributed by atoms with Gasteiger partial charge in [0.15, 0.2) is 12.2 Å². The normalized spacial score (nSPS) is 25.4. The van der Waals surface area contributed by atoms with Crippen LogP contribution >= 0.6 is 0 Å². The smallest absolute Gasteiger partial charge is 0.303 e. The Morgan fingerprint density at radius 1 is 0.774 bits per heavy atom. The van der Waals surface area contributed by atoms with Crippen LogP contribution in [0.2, 0.25) is 0 Å². The Bertz CT molecular complexity index is 608. The first-order valence-corrected chi connectivity index (χ1v) is 11.1. The molecule has 0 aliphatic carbocycles. The highest BCUT2D eigenvalue weighted by molar-refractivity contribution is 5.73. The summed E-state index contributed by atoms with van der Waals surface area (Å²) in [6, 6.07) is -0.699. The van der Waals surface area contributed by atoms with Gasteiger partial charge in [-0.05, 0) is 6.42 Å². The summed E-state index contributed by atoms with van der Waals surface area (Å²) in [7, 11) is 0. The van der Waals surface area contributed by atoms with Gasteiger partial charge in [0.1, 0.15) is 12.7 Å². The summed E-state index contributed by atoms with van der Waals surface area (Å²) in [6.45, 7) is 7.09. The molecule has 1 heterocycles. The number of nitrogens with one attached hydrogen (secondary N) is 1. The predicted octanol–water partition coefficient (Wildman–Crippen LogP) is 2.44. The van der Waals surface area contributed by atoms with E-state index in [4.69, 9.17) is 18.9 Å². The zero-order chi connectivity index (χ0) is 23.4. The lowest BCUT2D eigenvalue weighted by Crippen LogP contribution is -2.66. The summed E-state index contributed by atoms with van der Waals surface area (Å²) < 4.78 is 22.1. The number of amides is 1. The third kappa shape index (κ3) is 10.1. The van der Waals surface area contributed by atoms with Crippen LogP contribution in [0.1, 0.15) is 79.6 Å². The van der Waals surface area contributed by atoms with Gasteiger partial charge in [-0.15, -0.1) is 0 Å². The molecule has 0 saturated carbocycles. The summed E-state index contributed by atoms with van der Waals surface area (Å²) >= 11 is 0. The van der Waals surface area contributed by atoms with Gasteiger partial charge in [0.2, 0.25) is 5.91 Å². The number of carbonyl (C=O) groups excluding carboxylic acids is 4. The van der Waals surface area contributed by atoms with E-state index in [1.54, 1.807) is 0 Å². The standard InChI is InChI=1S/C22H37NO8/c1-6-7-8-9-10-11-12-18-20(23-14(2)24)22(30-17(5)27)21(29-16(4)26)19(31-18)13-28-15(3)25/h18-22H,6-13H2,1-5H3,(H,23,24)/t18-,19+,20-,21-,22+/m0/s1. The lowest BCUT2D eigenvalue weighted by Gasteiger charge is -2.45. The second-order valence-electron chi connectivity index (χ2n) is 7.95. The average Bonchev–Trinajstić information content (AvgIpc) is 2.66. The highest BCUT2D eigenvalue weighted by atomic mass is 16.6. The van der Waals surface area contributed by atoms with Crippen LogP contribution in [0.25, 0.3) is 0 Å². The van der Waals surface area contributed by atoms with E-state index in [9.17, 15) is 19.2 Å². The van der Waals surface area contributed by atoms with E-state index >= 15 is 0 Å². The molecule has 9 nitrogen and oxygen atoms in total. The molecule has 9 heteroatoms. The molecule has 5 atom stereocenters. The van der Waals surface area contributed by atoms with Crippen LogP contribution < -0.4 is 5.32 Å². The molecule has 0 unspecified atom stereocenters. The summed E-state index contributed by atoms with van der Waals surface area (Å²) in [4.78, 5) is 46.7. The number of hydrogen-bond acceptors (Lipinski definition) is 8. The van der Waals surface area contributed by atoms with E-state index in [-0.39, 0.29) is 12.5 Å². The maximum Gasteiger partial charge on any atom is 0.303 e. The number of carbonyl (C=O) groups is 4. The molecule has 1 aliphatic heterocycles.